The second kappa shape index (κ2) is 7.64. The van der Waals surface area contributed by atoms with Crippen molar-refractivity contribution in [2.75, 3.05) is 7.11 Å². The molecule has 0 aliphatic carbocycles. The number of Topliss-reactive ketones (excluding diaryl/α,β-unsaturated/α-hetero) is 1. The SMILES string of the molecule is CCCC(=O)C[C@H](CC(=O)OC)c1ccccc1. The quantitative estimate of drug-likeness (QED) is 0.696. The molecule has 18 heavy (non-hydrogen) atoms. The van der Waals surface area contributed by atoms with Gasteiger partial charge in [-0.3, -0.25) is 9.59 Å². The summed E-state index contributed by atoms with van der Waals surface area (Å²) < 4.78 is 4.69. The number of methoxy groups -OCH3 is 1. The molecule has 3 heteroatoms. The lowest BCUT2D eigenvalue weighted by Crippen LogP contribution is -2.13. The summed E-state index contributed by atoms with van der Waals surface area (Å²) in [5.74, 6) is -0.138. The van der Waals surface area contributed by atoms with Crippen LogP contribution in [0.3, 0.4) is 0 Å². The van der Waals surface area contributed by atoms with E-state index in [1.165, 1.54) is 7.11 Å². The van der Waals surface area contributed by atoms with Crippen LogP contribution in [0.15, 0.2) is 30.3 Å². The fourth-order valence-electron chi connectivity index (χ4n) is 1.97. The monoisotopic (exact) mass is 248 g/mol. The maximum absolute atomic E-state index is 11.7. The molecule has 0 amide bonds. The van der Waals surface area contributed by atoms with Gasteiger partial charge in [-0.1, -0.05) is 37.3 Å². The minimum atomic E-state index is -0.270. The van der Waals surface area contributed by atoms with Gasteiger partial charge in [0.25, 0.3) is 0 Å². The molecule has 0 bridgehead atoms. The van der Waals surface area contributed by atoms with Crippen LogP contribution in [0.4, 0.5) is 0 Å². The average molecular weight is 248 g/mol. The number of hydrogen-bond acceptors (Lipinski definition) is 3. The van der Waals surface area contributed by atoms with Gasteiger partial charge in [0.2, 0.25) is 0 Å². The Morgan fingerprint density at radius 3 is 2.39 bits per heavy atom. The summed E-state index contributed by atoms with van der Waals surface area (Å²) in [5.41, 5.74) is 1.02. The maximum atomic E-state index is 11.7. The third-order valence-electron chi connectivity index (χ3n) is 2.91. The molecule has 0 unspecified atom stereocenters. The highest BCUT2D eigenvalue weighted by molar-refractivity contribution is 5.80. The topological polar surface area (TPSA) is 43.4 Å². The van der Waals surface area contributed by atoms with Gasteiger partial charge < -0.3 is 4.74 Å². The van der Waals surface area contributed by atoms with Gasteiger partial charge in [0.15, 0.2) is 0 Å². The highest BCUT2D eigenvalue weighted by Gasteiger charge is 2.19. The van der Waals surface area contributed by atoms with E-state index in [-0.39, 0.29) is 24.1 Å². The van der Waals surface area contributed by atoms with Gasteiger partial charge in [0.1, 0.15) is 5.78 Å². The molecule has 0 spiro atoms. The van der Waals surface area contributed by atoms with E-state index in [1.807, 2.05) is 37.3 Å². The van der Waals surface area contributed by atoms with Gasteiger partial charge in [0.05, 0.1) is 13.5 Å². The van der Waals surface area contributed by atoms with E-state index in [4.69, 9.17) is 4.74 Å². The van der Waals surface area contributed by atoms with Crippen LogP contribution in [-0.2, 0) is 14.3 Å². The second-order valence-corrected chi connectivity index (χ2v) is 4.38. The lowest BCUT2D eigenvalue weighted by atomic mass is 9.90. The molecule has 1 aromatic carbocycles. The fraction of sp³-hybridized carbons (Fsp3) is 0.467. The number of ether oxygens (including phenoxy) is 1. The van der Waals surface area contributed by atoms with E-state index in [2.05, 4.69) is 0 Å². The molecule has 1 rings (SSSR count). The molecule has 0 fully saturated rings. The van der Waals surface area contributed by atoms with Crippen LogP contribution in [0.5, 0.6) is 0 Å². The van der Waals surface area contributed by atoms with Crippen LogP contribution in [0.25, 0.3) is 0 Å². The van der Waals surface area contributed by atoms with E-state index in [9.17, 15) is 9.59 Å². The van der Waals surface area contributed by atoms with Crippen molar-refractivity contribution in [2.45, 2.75) is 38.5 Å². The summed E-state index contributed by atoms with van der Waals surface area (Å²) in [5, 5.41) is 0. The van der Waals surface area contributed by atoms with Crippen molar-refractivity contribution in [3.63, 3.8) is 0 Å². The zero-order chi connectivity index (χ0) is 13.4. The van der Waals surface area contributed by atoms with Crippen molar-refractivity contribution in [2.24, 2.45) is 0 Å². The first-order valence-corrected chi connectivity index (χ1v) is 6.30. The van der Waals surface area contributed by atoms with Crippen molar-refractivity contribution in [3.8, 4) is 0 Å². The number of benzene rings is 1. The van der Waals surface area contributed by atoms with E-state index in [0.717, 1.165) is 12.0 Å². The predicted molar refractivity (Wildman–Crippen MR) is 70.3 cm³/mol. The Morgan fingerprint density at radius 2 is 1.83 bits per heavy atom. The number of carbonyl (C=O) groups excluding carboxylic acids is 2. The minimum absolute atomic E-state index is 0.0716. The summed E-state index contributed by atoms with van der Waals surface area (Å²) >= 11 is 0. The van der Waals surface area contributed by atoms with Crippen molar-refractivity contribution >= 4 is 11.8 Å². The Hall–Kier alpha value is -1.64. The van der Waals surface area contributed by atoms with Crippen molar-refractivity contribution in [1.29, 1.82) is 0 Å². The molecular weight excluding hydrogens is 228 g/mol. The zero-order valence-electron chi connectivity index (χ0n) is 11.0. The lowest BCUT2D eigenvalue weighted by molar-refractivity contribution is -0.141. The van der Waals surface area contributed by atoms with Gasteiger partial charge in [-0.05, 0) is 12.0 Å². The summed E-state index contributed by atoms with van der Waals surface area (Å²) in [4.78, 5) is 23.1. The largest absolute Gasteiger partial charge is 0.469 e. The molecule has 0 saturated heterocycles. The molecule has 0 heterocycles. The van der Waals surface area contributed by atoms with Gasteiger partial charge in [-0.2, -0.15) is 0 Å². The van der Waals surface area contributed by atoms with Crippen LogP contribution < -0.4 is 0 Å². The first-order valence-electron chi connectivity index (χ1n) is 6.30. The Bertz CT molecular complexity index is 384. The van der Waals surface area contributed by atoms with Crippen LogP contribution in [0, 0.1) is 0 Å². The van der Waals surface area contributed by atoms with Crippen molar-refractivity contribution < 1.29 is 14.3 Å². The molecule has 3 nitrogen and oxygen atoms in total. The Labute approximate surface area is 108 Å². The van der Waals surface area contributed by atoms with E-state index < -0.39 is 0 Å². The zero-order valence-corrected chi connectivity index (χ0v) is 11.0. The normalized spacial score (nSPS) is 11.9. The molecule has 0 N–H and O–H groups in total. The first-order chi connectivity index (χ1) is 8.67. The molecular formula is C15H20O3. The van der Waals surface area contributed by atoms with Crippen LogP contribution >= 0.6 is 0 Å². The van der Waals surface area contributed by atoms with Crippen LogP contribution in [0.2, 0.25) is 0 Å². The lowest BCUT2D eigenvalue weighted by Gasteiger charge is -2.15. The smallest absolute Gasteiger partial charge is 0.306 e. The number of esters is 1. The third kappa shape index (κ3) is 4.70. The highest BCUT2D eigenvalue weighted by Crippen LogP contribution is 2.24. The third-order valence-corrected chi connectivity index (χ3v) is 2.91. The molecule has 0 aliphatic rings. The fourth-order valence-corrected chi connectivity index (χ4v) is 1.97. The van der Waals surface area contributed by atoms with Gasteiger partial charge in [0, 0.05) is 18.8 Å². The number of hydrogen-bond donors (Lipinski definition) is 0. The standard InChI is InChI=1S/C15H20O3/c1-3-7-14(16)10-13(11-15(17)18-2)12-8-5-4-6-9-12/h4-6,8-9,13H,3,7,10-11H2,1-2H3/t13-/m1/s1. The Balaban J connectivity index is 2.75. The molecule has 0 radical (unpaired) electrons. The van der Waals surface area contributed by atoms with Crippen LogP contribution in [-0.4, -0.2) is 18.9 Å². The predicted octanol–water partition coefficient (Wildman–Crippen LogP) is 3.09. The summed E-state index contributed by atoms with van der Waals surface area (Å²) in [6.07, 6.45) is 2.09. The number of carbonyl (C=O) groups is 2. The average Bonchev–Trinajstić information content (AvgIpc) is 2.39. The Kier molecular flexibility index (Phi) is 6.12. The van der Waals surface area contributed by atoms with Crippen molar-refractivity contribution in [3.05, 3.63) is 35.9 Å². The van der Waals surface area contributed by atoms with Gasteiger partial charge >= 0.3 is 5.97 Å². The summed E-state index contributed by atoms with van der Waals surface area (Å²) in [6, 6.07) is 9.67. The van der Waals surface area contributed by atoms with E-state index >= 15 is 0 Å². The van der Waals surface area contributed by atoms with E-state index in [0.29, 0.717) is 12.8 Å². The minimum Gasteiger partial charge on any atom is -0.469 e. The van der Waals surface area contributed by atoms with Crippen molar-refractivity contribution in [1.82, 2.24) is 0 Å². The molecule has 98 valence electrons. The molecule has 0 saturated carbocycles. The summed E-state index contributed by atoms with van der Waals surface area (Å²) in [7, 11) is 1.37. The van der Waals surface area contributed by atoms with Gasteiger partial charge in [-0.15, -0.1) is 0 Å². The summed E-state index contributed by atoms with van der Waals surface area (Å²) in [6.45, 7) is 1.98. The molecule has 0 aromatic heterocycles. The maximum Gasteiger partial charge on any atom is 0.306 e. The van der Waals surface area contributed by atoms with Crippen LogP contribution in [0.1, 0.15) is 44.1 Å². The second-order valence-electron chi connectivity index (χ2n) is 4.38. The molecule has 1 atom stereocenters. The van der Waals surface area contributed by atoms with E-state index in [1.54, 1.807) is 0 Å². The number of rotatable bonds is 7. The molecule has 0 aliphatic heterocycles. The first kappa shape index (κ1) is 14.4. The Morgan fingerprint density at radius 1 is 1.17 bits per heavy atom. The highest BCUT2D eigenvalue weighted by atomic mass is 16.5. The molecule has 1 aromatic rings. The van der Waals surface area contributed by atoms with Gasteiger partial charge in [-0.25, -0.2) is 0 Å². The number of ketones is 1.